The van der Waals surface area contributed by atoms with E-state index in [4.69, 9.17) is 4.74 Å². The zero-order valence-electron chi connectivity index (χ0n) is 14.5. The van der Waals surface area contributed by atoms with Gasteiger partial charge in [-0.1, -0.05) is 0 Å². The average Bonchev–Trinajstić information content (AvgIpc) is 3.10. The third-order valence-electron chi connectivity index (χ3n) is 4.55. The van der Waals surface area contributed by atoms with Gasteiger partial charge in [-0.25, -0.2) is 4.79 Å². The summed E-state index contributed by atoms with van der Waals surface area (Å²) in [6.07, 6.45) is 5.45. The molecule has 3 amide bonds. The predicted molar refractivity (Wildman–Crippen MR) is 88.7 cm³/mol. The van der Waals surface area contributed by atoms with Gasteiger partial charge in [-0.15, -0.1) is 0 Å². The zero-order valence-corrected chi connectivity index (χ0v) is 14.5. The van der Waals surface area contributed by atoms with Gasteiger partial charge in [0.1, 0.15) is 6.54 Å². The standard InChI is InChI=1S/C16H25N5O3/c1-16(2)5-4-13(24-16)9-17-15(23)20-6-7-21(14(22)11-20)12-8-18-19(3)10-12/h8,10,13H,4-7,9,11H2,1-3H3,(H,17,23). The maximum atomic E-state index is 12.3. The molecule has 2 aliphatic rings. The number of amides is 3. The summed E-state index contributed by atoms with van der Waals surface area (Å²) in [5, 5.41) is 6.97. The Morgan fingerprint density at radius 2 is 2.25 bits per heavy atom. The van der Waals surface area contributed by atoms with Crippen LogP contribution < -0.4 is 10.2 Å². The Morgan fingerprint density at radius 3 is 2.83 bits per heavy atom. The van der Waals surface area contributed by atoms with Crippen molar-refractivity contribution >= 4 is 17.6 Å². The van der Waals surface area contributed by atoms with Crippen LogP contribution in [0.2, 0.25) is 0 Å². The molecule has 8 nitrogen and oxygen atoms in total. The van der Waals surface area contributed by atoms with E-state index in [-0.39, 0.29) is 30.2 Å². The summed E-state index contributed by atoms with van der Waals surface area (Å²) in [5.41, 5.74) is 0.657. The van der Waals surface area contributed by atoms with Crippen molar-refractivity contribution in [3.05, 3.63) is 12.4 Å². The zero-order chi connectivity index (χ0) is 17.3. The highest BCUT2D eigenvalue weighted by Gasteiger charge is 2.33. The van der Waals surface area contributed by atoms with Crippen LogP contribution in [0.4, 0.5) is 10.5 Å². The lowest BCUT2D eigenvalue weighted by atomic mass is 10.1. The topological polar surface area (TPSA) is 79.7 Å². The minimum absolute atomic E-state index is 0.0522. The summed E-state index contributed by atoms with van der Waals surface area (Å²) >= 11 is 0. The van der Waals surface area contributed by atoms with Gasteiger partial charge in [-0.2, -0.15) is 5.10 Å². The Morgan fingerprint density at radius 1 is 1.46 bits per heavy atom. The normalized spacial score (nSPS) is 23.6. The van der Waals surface area contributed by atoms with Crippen molar-refractivity contribution in [3.63, 3.8) is 0 Å². The van der Waals surface area contributed by atoms with Crippen LogP contribution in [0.3, 0.4) is 0 Å². The minimum Gasteiger partial charge on any atom is -0.371 e. The summed E-state index contributed by atoms with van der Waals surface area (Å²) in [5.74, 6) is -0.0948. The fraction of sp³-hybridized carbons (Fsp3) is 0.688. The van der Waals surface area contributed by atoms with E-state index in [1.807, 2.05) is 7.05 Å². The van der Waals surface area contributed by atoms with Gasteiger partial charge in [0.15, 0.2) is 0 Å². The fourth-order valence-corrected chi connectivity index (χ4v) is 3.20. The summed E-state index contributed by atoms with van der Waals surface area (Å²) in [7, 11) is 1.81. The number of nitrogens with zero attached hydrogens (tertiary/aromatic N) is 4. The van der Waals surface area contributed by atoms with E-state index in [1.54, 1.807) is 26.9 Å². The molecule has 1 unspecified atom stereocenters. The molecule has 0 aromatic carbocycles. The van der Waals surface area contributed by atoms with Crippen LogP contribution in [0.5, 0.6) is 0 Å². The van der Waals surface area contributed by atoms with E-state index in [2.05, 4.69) is 24.3 Å². The second-order valence-corrected chi connectivity index (χ2v) is 7.06. The lowest BCUT2D eigenvalue weighted by Gasteiger charge is -2.33. The van der Waals surface area contributed by atoms with E-state index in [9.17, 15) is 9.59 Å². The molecule has 0 spiro atoms. The molecule has 132 valence electrons. The Hall–Kier alpha value is -2.09. The van der Waals surface area contributed by atoms with Crippen molar-refractivity contribution in [3.8, 4) is 0 Å². The third kappa shape index (κ3) is 3.69. The van der Waals surface area contributed by atoms with Gasteiger partial charge >= 0.3 is 6.03 Å². The molecule has 1 aromatic heterocycles. The maximum absolute atomic E-state index is 12.3. The molecule has 3 heterocycles. The Bertz CT molecular complexity index is 627. The number of carbonyl (C=O) groups excluding carboxylic acids is 2. The summed E-state index contributed by atoms with van der Waals surface area (Å²) in [6.45, 7) is 5.67. The van der Waals surface area contributed by atoms with Gasteiger partial charge in [0, 0.05) is 32.9 Å². The van der Waals surface area contributed by atoms with Gasteiger partial charge in [0.2, 0.25) is 5.91 Å². The number of anilines is 1. The molecule has 1 aromatic rings. The molecule has 1 atom stereocenters. The second kappa shape index (κ2) is 6.43. The second-order valence-electron chi connectivity index (χ2n) is 7.06. The molecular weight excluding hydrogens is 310 g/mol. The molecule has 0 aliphatic carbocycles. The lowest BCUT2D eigenvalue weighted by molar-refractivity contribution is -0.120. The van der Waals surface area contributed by atoms with Crippen molar-refractivity contribution in [2.75, 3.05) is 31.1 Å². The highest BCUT2D eigenvalue weighted by molar-refractivity contribution is 5.97. The first-order valence-corrected chi connectivity index (χ1v) is 8.34. The van der Waals surface area contributed by atoms with Crippen LogP contribution in [0, 0.1) is 0 Å². The number of aromatic nitrogens is 2. The summed E-state index contributed by atoms with van der Waals surface area (Å²) < 4.78 is 7.52. The van der Waals surface area contributed by atoms with Crippen LogP contribution in [-0.4, -0.2) is 64.5 Å². The molecule has 3 rings (SSSR count). The van der Waals surface area contributed by atoms with Crippen molar-refractivity contribution in [2.45, 2.75) is 38.4 Å². The summed E-state index contributed by atoms with van der Waals surface area (Å²) in [6, 6.07) is -0.206. The fourth-order valence-electron chi connectivity index (χ4n) is 3.20. The van der Waals surface area contributed by atoms with Gasteiger partial charge in [-0.3, -0.25) is 9.48 Å². The Balaban J connectivity index is 1.48. The van der Waals surface area contributed by atoms with Crippen molar-refractivity contribution in [2.24, 2.45) is 7.05 Å². The smallest absolute Gasteiger partial charge is 0.318 e. The molecule has 0 saturated carbocycles. The van der Waals surface area contributed by atoms with E-state index in [1.165, 1.54) is 0 Å². The number of hydrogen-bond donors (Lipinski definition) is 1. The molecule has 24 heavy (non-hydrogen) atoms. The maximum Gasteiger partial charge on any atom is 0.318 e. The highest BCUT2D eigenvalue weighted by atomic mass is 16.5. The molecule has 0 bridgehead atoms. The largest absolute Gasteiger partial charge is 0.371 e. The molecule has 2 saturated heterocycles. The number of nitrogens with one attached hydrogen (secondary N) is 1. The predicted octanol–water partition coefficient (Wildman–Crippen LogP) is 0.736. The lowest BCUT2D eigenvalue weighted by Crippen LogP contribution is -2.55. The first-order chi connectivity index (χ1) is 11.3. The Kier molecular flexibility index (Phi) is 4.49. The van der Waals surface area contributed by atoms with E-state index >= 15 is 0 Å². The quantitative estimate of drug-likeness (QED) is 0.883. The molecular formula is C16H25N5O3. The molecule has 2 fully saturated rings. The molecule has 1 N–H and O–H groups in total. The van der Waals surface area contributed by atoms with Crippen LogP contribution in [0.25, 0.3) is 0 Å². The number of piperazine rings is 1. The number of urea groups is 1. The number of rotatable bonds is 3. The summed E-state index contributed by atoms with van der Waals surface area (Å²) in [4.78, 5) is 27.8. The Labute approximate surface area is 141 Å². The van der Waals surface area contributed by atoms with Gasteiger partial charge in [0.25, 0.3) is 0 Å². The molecule has 0 radical (unpaired) electrons. The van der Waals surface area contributed by atoms with Crippen molar-refractivity contribution < 1.29 is 14.3 Å². The average molecular weight is 335 g/mol. The first-order valence-electron chi connectivity index (χ1n) is 8.34. The first kappa shape index (κ1) is 16.8. The van der Waals surface area contributed by atoms with Gasteiger partial charge in [0.05, 0.1) is 23.6 Å². The van der Waals surface area contributed by atoms with Gasteiger partial charge < -0.3 is 19.9 Å². The van der Waals surface area contributed by atoms with Crippen LogP contribution in [-0.2, 0) is 16.6 Å². The van der Waals surface area contributed by atoms with E-state index in [0.29, 0.717) is 19.6 Å². The van der Waals surface area contributed by atoms with Crippen molar-refractivity contribution in [1.29, 1.82) is 0 Å². The minimum atomic E-state index is -0.206. The number of hydrogen-bond acceptors (Lipinski definition) is 4. The SMILES string of the molecule is Cn1cc(N2CCN(C(=O)NCC3CCC(C)(C)O3)CC2=O)cn1. The van der Waals surface area contributed by atoms with Gasteiger partial charge in [-0.05, 0) is 26.7 Å². The van der Waals surface area contributed by atoms with Crippen molar-refractivity contribution in [1.82, 2.24) is 20.0 Å². The number of ether oxygens (including phenoxy) is 1. The highest BCUT2D eigenvalue weighted by Crippen LogP contribution is 2.28. The van der Waals surface area contributed by atoms with Crippen LogP contribution in [0.1, 0.15) is 26.7 Å². The number of aryl methyl sites for hydroxylation is 1. The van der Waals surface area contributed by atoms with E-state index in [0.717, 1.165) is 18.5 Å². The molecule has 8 heteroatoms. The van der Waals surface area contributed by atoms with E-state index < -0.39 is 0 Å². The third-order valence-corrected chi connectivity index (χ3v) is 4.55. The van der Waals surface area contributed by atoms with Crippen LogP contribution in [0.15, 0.2) is 12.4 Å². The monoisotopic (exact) mass is 335 g/mol. The number of carbonyl (C=O) groups is 2. The van der Waals surface area contributed by atoms with Crippen LogP contribution >= 0.6 is 0 Å². The molecule has 2 aliphatic heterocycles.